The van der Waals surface area contributed by atoms with E-state index in [0.717, 1.165) is 11.3 Å². The van der Waals surface area contributed by atoms with Crippen LogP contribution >= 0.6 is 12.2 Å². The summed E-state index contributed by atoms with van der Waals surface area (Å²) in [7, 11) is 0. The minimum atomic E-state index is -0.514. The predicted octanol–water partition coefficient (Wildman–Crippen LogP) is 5.43. The molecule has 2 heterocycles. The fourth-order valence-corrected chi connectivity index (χ4v) is 4.86. The molecule has 0 bridgehead atoms. The first kappa shape index (κ1) is 20.5. The second kappa shape index (κ2) is 7.60. The molecule has 1 aromatic heterocycles. The topological polar surface area (TPSA) is 87.0 Å². The van der Waals surface area contributed by atoms with Gasteiger partial charge >= 0.3 is 0 Å². The second-order valence-corrected chi connectivity index (χ2v) is 9.48. The molecule has 1 aliphatic heterocycles. The molecule has 3 N–H and O–H groups in total. The number of rotatable bonds is 3. The third-order valence-electron chi connectivity index (χ3n) is 5.92. The zero-order valence-electron chi connectivity index (χ0n) is 17.8. The molecule has 0 saturated heterocycles. The Balaban J connectivity index is 1.67. The van der Waals surface area contributed by atoms with Crippen molar-refractivity contribution in [2.24, 2.45) is 5.41 Å². The number of fused-ring (bicyclic) bond motifs is 1. The van der Waals surface area contributed by atoms with Crippen molar-refractivity contribution in [1.29, 1.82) is 0 Å². The molecule has 32 heavy (non-hydrogen) atoms. The van der Waals surface area contributed by atoms with Crippen molar-refractivity contribution in [3.05, 3.63) is 92.1 Å². The van der Waals surface area contributed by atoms with Gasteiger partial charge in [0.05, 0.1) is 5.56 Å². The average Bonchev–Trinajstić information content (AvgIpc) is 2.72. The van der Waals surface area contributed by atoms with Crippen molar-refractivity contribution in [1.82, 2.24) is 9.97 Å². The molecule has 2 aromatic carbocycles. The Morgan fingerprint density at radius 1 is 0.969 bits per heavy atom. The molecule has 3 aromatic rings. The van der Waals surface area contributed by atoms with Crippen LogP contribution in [0.5, 0.6) is 11.5 Å². The SMILES string of the molecule is CC1(C)CC(=O)C2=C(C1)Nc1[nH]c(=S)[nH]c(=O)c1[C@@H]2c1cccc(Oc2ccccc2)c1. The molecule has 1 atom stereocenters. The number of carbonyl (C=O) groups is 1. The number of nitrogens with one attached hydrogen (secondary N) is 3. The normalized spacial score (nSPS) is 19.1. The molecule has 5 rings (SSSR count). The summed E-state index contributed by atoms with van der Waals surface area (Å²) in [5.74, 6) is 1.44. The van der Waals surface area contributed by atoms with Gasteiger partial charge in [-0.15, -0.1) is 0 Å². The first-order valence-electron chi connectivity index (χ1n) is 10.5. The summed E-state index contributed by atoms with van der Waals surface area (Å²) in [5, 5.41) is 3.31. The molecule has 0 fully saturated rings. The van der Waals surface area contributed by atoms with Crippen LogP contribution in [0, 0.1) is 10.2 Å². The molecule has 0 spiro atoms. The molecular weight excluding hydrogens is 422 g/mol. The Labute approximate surface area is 190 Å². The molecule has 2 aliphatic rings. The third kappa shape index (κ3) is 3.69. The first-order chi connectivity index (χ1) is 15.3. The maximum Gasteiger partial charge on any atom is 0.257 e. The van der Waals surface area contributed by atoms with E-state index in [1.54, 1.807) is 0 Å². The summed E-state index contributed by atoms with van der Waals surface area (Å²) in [6.45, 7) is 4.16. The molecule has 7 heteroatoms. The van der Waals surface area contributed by atoms with Crippen LogP contribution in [0.15, 0.2) is 70.7 Å². The van der Waals surface area contributed by atoms with Gasteiger partial charge < -0.3 is 15.0 Å². The van der Waals surface area contributed by atoms with E-state index in [1.807, 2.05) is 54.6 Å². The standard InChI is InChI=1S/C25H23N3O3S/c1-25(2)12-17-20(18(29)13-25)19(21-22(26-17)27-24(32)28-23(21)30)14-7-6-10-16(11-14)31-15-8-4-3-5-9-15/h3-11,19H,12-13H2,1-2H3,(H3,26,27,28,30,32)/t19-/m1/s1. The molecular formula is C25H23N3O3S. The van der Waals surface area contributed by atoms with Crippen molar-refractivity contribution in [3.63, 3.8) is 0 Å². The van der Waals surface area contributed by atoms with E-state index in [0.29, 0.717) is 41.3 Å². The predicted molar refractivity (Wildman–Crippen MR) is 126 cm³/mol. The van der Waals surface area contributed by atoms with Gasteiger partial charge in [0, 0.05) is 23.6 Å². The quantitative estimate of drug-likeness (QED) is 0.468. The zero-order chi connectivity index (χ0) is 22.5. The van der Waals surface area contributed by atoms with Crippen LogP contribution in [0.25, 0.3) is 0 Å². The summed E-state index contributed by atoms with van der Waals surface area (Å²) >= 11 is 5.19. The summed E-state index contributed by atoms with van der Waals surface area (Å²) in [4.78, 5) is 32.1. The summed E-state index contributed by atoms with van der Waals surface area (Å²) in [6.07, 6.45) is 1.14. The lowest BCUT2D eigenvalue weighted by atomic mass is 9.69. The number of carbonyl (C=O) groups excluding carboxylic acids is 1. The van der Waals surface area contributed by atoms with Gasteiger partial charge in [-0.25, -0.2) is 0 Å². The van der Waals surface area contributed by atoms with Crippen LogP contribution in [0.2, 0.25) is 0 Å². The van der Waals surface area contributed by atoms with Crippen molar-refractivity contribution in [3.8, 4) is 11.5 Å². The summed E-state index contributed by atoms with van der Waals surface area (Å²) in [6, 6.07) is 17.1. The van der Waals surface area contributed by atoms with Crippen molar-refractivity contribution in [2.45, 2.75) is 32.6 Å². The largest absolute Gasteiger partial charge is 0.457 e. The fraction of sp³-hybridized carbons (Fsp3) is 0.240. The molecule has 0 radical (unpaired) electrons. The van der Waals surface area contributed by atoms with Crippen molar-refractivity contribution >= 4 is 23.8 Å². The number of allylic oxidation sites excluding steroid dienone is 2. The van der Waals surface area contributed by atoms with E-state index in [9.17, 15) is 9.59 Å². The third-order valence-corrected chi connectivity index (χ3v) is 6.13. The summed E-state index contributed by atoms with van der Waals surface area (Å²) < 4.78 is 6.26. The Kier molecular flexibility index (Phi) is 4.86. The number of aromatic nitrogens is 2. The second-order valence-electron chi connectivity index (χ2n) is 9.08. The average molecular weight is 446 g/mol. The van der Waals surface area contributed by atoms with E-state index in [1.165, 1.54) is 0 Å². The minimum Gasteiger partial charge on any atom is -0.457 e. The van der Waals surface area contributed by atoms with Crippen LogP contribution in [0.4, 0.5) is 5.82 Å². The highest BCUT2D eigenvalue weighted by Gasteiger charge is 2.42. The number of Topliss-reactive ketones (excluding diaryl/α,β-unsaturated/α-hetero) is 1. The van der Waals surface area contributed by atoms with Gasteiger partial charge in [0.25, 0.3) is 5.56 Å². The van der Waals surface area contributed by atoms with Crippen molar-refractivity contribution in [2.75, 3.05) is 5.32 Å². The van der Waals surface area contributed by atoms with Gasteiger partial charge in [0.2, 0.25) is 0 Å². The number of H-pyrrole nitrogens is 2. The Hall–Kier alpha value is -3.45. The number of aromatic amines is 2. The Morgan fingerprint density at radius 3 is 2.50 bits per heavy atom. The van der Waals surface area contributed by atoms with Crippen molar-refractivity contribution < 1.29 is 9.53 Å². The smallest absolute Gasteiger partial charge is 0.257 e. The van der Waals surface area contributed by atoms with Crippen LogP contribution < -0.4 is 15.6 Å². The lowest BCUT2D eigenvalue weighted by molar-refractivity contribution is -0.118. The van der Waals surface area contributed by atoms with E-state index in [-0.39, 0.29) is 21.5 Å². The lowest BCUT2D eigenvalue weighted by Crippen LogP contribution is -2.36. The van der Waals surface area contributed by atoms with E-state index >= 15 is 0 Å². The van der Waals surface area contributed by atoms with Crippen LogP contribution in [0.1, 0.15) is 43.7 Å². The number of hydrogen-bond donors (Lipinski definition) is 3. The van der Waals surface area contributed by atoms with Gasteiger partial charge in [0.15, 0.2) is 10.6 Å². The molecule has 6 nitrogen and oxygen atoms in total. The number of ketones is 1. The maximum absolute atomic E-state index is 13.3. The molecule has 162 valence electrons. The number of para-hydroxylation sites is 1. The number of ether oxygens (including phenoxy) is 1. The monoisotopic (exact) mass is 445 g/mol. The van der Waals surface area contributed by atoms with Gasteiger partial charge in [0.1, 0.15) is 17.3 Å². The maximum atomic E-state index is 13.3. The first-order valence-corrected chi connectivity index (χ1v) is 10.9. The molecule has 0 saturated carbocycles. The van der Waals surface area contributed by atoms with E-state index in [2.05, 4.69) is 29.1 Å². The van der Waals surface area contributed by atoms with Gasteiger partial charge in [-0.05, 0) is 53.9 Å². The number of hydrogen-bond acceptors (Lipinski definition) is 5. The zero-order valence-corrected chi connectivity index (χ0v) is 18.6. The molecule has 0 unspecified atom stereocenters. The van der Waals surface area contributed by atoms with Crippen LogP contribution in [-0.2, 0) is 4.79 Å². The molecule has 1 aliphatic carbocycles. The fourth-order valence-electron chi connectivity index (χ4n) is 4.66. The van der Waals surface area contributed by atoms with Crippen LogP contribution in [-0.4, -0.2) is 15.8 Å². The highest BCUT2D eigenvalue weighted by molar-refractivity contribution is 7.71. The van der Waals surface area contributed by atoms with Gasteiger partial charge in [-0.2, -0.15) is 0 Å². The Morgan fingerprint density at radius 2 is 1.72 bits per heavy atom. The minimum absolute atomic E-state index is 0.0515. The van der Waals surface area contributed by atoms with E-state index in [4.69, 9.17) is 17.0 Å². The lowest BCUT2D eigenvalue weighted by Gasteiger charge is -2.38. The Bertz CT molecular complexity index is 1370. The number of anilines is 1. The van der Waals surface area contributed by atoms with Gasteiger partial charge in [-0.3, -0.25) is 14.6 Å². The van der Waals surface area contributed by atoms with Crippen LogP contribution in [0.3, 0.4) is 0 Å². The van der Waals surface area contributed by atoms with Gasteiger partial charge in [-0.1, -0.05) is 44.2 Å². The summed E-state index contributed by atoms with van der Waals surface area (Å²) in [5.41, 5.74) is 2.29. The highest BCUT2D eigenvalue weighted by atomic mass is 32.1. The highest BCUT2D eigenvalue weighted by Crippen LogP contribution is 2.47. The number of benzene rings is 2. The molecule has 0 amide bonds. The van der Waals surface area contributed by atoms with E-state index < -0.39 is 5.92 Å².